The molecule has 0 saturated carbocycles. The van der Waals surface area contributed by atoms with E-state index in [0.717, 1.165) is 0 Å². The first-order chi connectivity index (χ1) is 7.74. The van der Waals surface area contributed by atoms with Gasteiger partial charge in [0, 0.05) is 0 Å². The van der Waals surface area contributed by atoms with Crippen LogP contribution < -0.4 is 4.74 Å². The van der Waals surface area contributed by atoms with Gasteiger partial charge >= 0.3 is 6.36 Å². The molecule has 0 fully saturated rings. The van der Waals surface area contributed by atoms with Crippen molar-refractivity contribution in [3.05, 3.63) is 21.9 Å². The highest BCUT2D eigenvalue weighted by atomic mass is 79.9. The summed E-state index contributed by atoms with van der Waals surface area (Å²) in [6.45, 7) is 0. The number of nitrogens with zero attached hydrogens (tertiary/aromatic N) is 1. The molecule has 1 heterocycles. The second-order valence-electron chi connectivity index (χ2n) is 2.72. The zero-order valence-electron chi connectivity index (χ0n) is 7.76. The molecule has 1 rings (SSSR count). The van der Waals surface area contributed by atoms with Crippen LogP contribution in [0.4, 0.5) is 22.0 Å². The van der Waals surface area contributed by atoms with E-state index < -0.39 is 34.4 Å². The minimum atomic E-state index is -5.09. The number of rotatable bonds is 3. The molecule has 9 heteroatoms. The van der Waals surface area contributed by atoms with Crippen LogP contribution in [0, 0.1) is 0 Å². The minimum absolute atomic E-state index is 0.0267. The number of carbonyl (C=O) groups is 1. The van der Waals surface area contributed by atoms with E-state index in [1.807, 2.05) is 0 Å². The number of pyridine rings is 1. The SMILES string of the molecule is O=Cc1nc(Br)c(C(F)F)cc1OC(F)(F)F. The number of aldehydes is 1. The normalized spacial score (nSPS) is 11.7. The fraction of sp³-hybridized carbons (Fsp3) is 0.250. The summed E-state index contributed by atoms with van der Waals surface area (Å²) in [6, 6.07) is 0.416. The van der Waals surface area contributed by atoms with Gasteiger partial charge < -0.3 is 4.74 Å². The molecule has 0 amide bonds. The van der Waals surface area contributed by atoms with Gasteiger partial charge in [0.2, 0.25) is 0 Å². The van der Waals surface area contributed by atoms with Crippen LogP contribution in [0.15, 0.2) is 10.7 Å². The Kier molecular flexibility index (Phi) is 4.02. The summed E-state index contributed by atoms with van der Waals surface area (Å²) in [7, 11) is 0. The number of carbonyl (C=O) groups excluding carboxylic acids is 1. The first kappa shape index (κ1) is 13.8. The third-order valence-corrected chi connectivity index (χ3v) is 2.20. The fourth-order valence-electron chi connectivity index (χ4n) is 0.944. The van der Waals surface area contributed by atoms with E-state index in [2.05, 4.69) is 25.7 Å². The van der Waals surface area contributed by atoms with Crippen LogP contribution in [0.1, 0.15) is 22.5 Å². The second kappa shape index (κ2) is 4.94. The highest BCUT2D eigenvalue weighted by molar-refractivity contribution is 9.10. The average molecular weight is 320 g/mol. The van der Waals surface area contributed by atoms with E-state index in [1.54, 1.807) is 0 Å². The average Bonchev–Trinajstić information content (AvgIpc) is 2.17. The number of alkyl halides is 5. The Balaban J connectivity index is 3.26. The first-order valence-corrected chi connectivity index (χ1v) is 4.73. The Morgan fingerprint density at radius 3 is 2.41 bits per heavy atom. The molecule has 1 aromatic rings. The van der Waals surface area contributed by atoms with Crippen molar-refractivity contribution in [3.8, 4) is 5.75 Å². The molecule has 0 aromatic carbocycles. The summed E-state index contributed by atoms with van der Waals surface area (Å²) in [6.07, 6.45) is -8.17. The van der Waals surface area contributed by atoms with Gasteiger partial charge in [-0.2, -0.15) is 0 Å². The smallest absolute Gasteiger partial charge is 0.403 e. The predicted molar refractivity (Wildman–Crippen MR) is 49.0 cm³/mol. The maximum atomic E-state index is 12.4. The molecule has 0 aliphatic heterocycles. The van der Waals surface area contributed by atoms with E-state index in [-0.39, 0.29) is 6.29 Å². The first-order valence-electron chi connectivity index (χ1n) is 3.94. The molecule has 0 saturated heterocycles. The van der Waals surface area contributed by atoms with E-state index in [4.69, 9.17) is 0 Å². The summed E-state index contributed by atoms with van der Waals surface area (Å²) < 4.78 is 63.5. The van der Waals surface area contributed by atoms with Crippen LogP contribution in [-0.2, 0) is 0 Å². The molecule has 0 N–H and O–H groups in total. The third-order valence-electron chi connectivity index (χ3n) is 1.57. The molecule has 0 bridgehead atoms. The monoisotopic (exact) mass is 319 g/mol. The van der Waals surface area contributed by atoms with Gasteiger partial charge in [0.05, 0.1) is 5.56 Å². The van der Waals surface area contributed by atoms with Crippen molar-refractivity contribution in [2.45, 2.75) is 12.8 Å². The van der Waals surface area contributed by atoms with Crippen molar-refractivity contribution >= 4 is 22.2 Å². The van der Waals surface area contributed by atoms with Crippen molar-refractivity contribution in [2.75, 3.05) is 0 Å². The van der Waals surface area contributed by atoms with Crippen molar-refractivity contribution in [2.24, 2.45) is 0 Å². The molecule has 0 aliphatic carbocycles. The molecule has 0 spiro atoms. The fourth-order valence-corrected chi connectivity index (χ4v) is 1.42. The van der Waals surface area contributed by atoms with Gasteiger partial charge in [0.1, 0.15) is 10.3 Å². The molecule has 0 unspecified atom stereocenters. The quantitative estimate of drug-likeness (QED) is 0.486. The lowest BCUT2D eigenvalue weighted by Crippen LogP contribution is -2.19. The summed E-state index contributed by atoms with van der Waals surface area (Å²) in [4.78, 5) is 13.7. The van der Waals surface area contributed by atoms with Gasteiger partial charge in [-0.15, -0.1) is 13.2 Å². The topological polar surface area (TPSA) is 39.2 Å². The van der Waals surface area contributed by atoms with Crippen LogP contribution >= 0.6 is 15.9 Å². The standard InChI is InChI=1S/C8H3BrF5NO2/c9-6-3(7(10)11)1-5(4(2-16)15-6)17-8(12,13)14/h1-2,7H. The van der Waals surface area contributed by atoms with Crippen molar-refractivity contribution in [1.82, 2.24) is 4.98 Å². The van der Waals surface area contributed by atoms with Crippen molar-refractivity contribution in [3.63, 3.8) is 0 Å². The second-order valence-corrected chi connectivity index (χ2v) is 3.47. The maximum Gasteiger partial charge on any atom is 0.573 e. The third kappa shape index (κ3) is 3.62. The van der Waals surface area contributed by atoms with Crippen LogP contribution in [0.5, 0.6) is 5.75 Å². The predicted octanol–water partition coefficient (Wildman–Crippen LogP) is 3.49. The Bertz CT molecular complexity index is 435. The molecule has 0 radical (unpaired) electrons. The zero-order chi connectivity index (χ0) is 13.2. The van der Waals surface area contributed by atoms with Gasteiger partial charge in [-0.3, -0.25) is 4.79 Å². The van der Waals surface area contributed by atoms with Crippen molar-refractivity contribution < 1.29 is 31.5 Å². The van der Waals surface area contributed by atoms with E-state index in [9.17, 15) is 26.7 Å². The molecule has 17 heavy (non-hydrogen) atoms. The van der Waals surface area contributed by atoms with Gasteiger partial charge in [0.15, 0.2) is 12.0 Å². The Morgan fingerprint density at radius 2 is 2.00 bits per heavy atom. The highest BCUT2D eigenvalue weighted by Gasteiger charge is 2.33. The Hall–Kier alpha value is -1.25. The Morgan fingerprint density at radius 1 is 1.41 bits per heavy atom. The summed E-state index contributed by atoms with van der Waals surface area (Å²) in [5, 5.41) is 0. The van der Waals surface area contributed by atoms with Gasteiger partial charge in [-0.25, -0.2) is 13.8 Å². The lowest BCUT2D eigenvalue weighted by atomic mass is 10.2. The summed E-state index contributed by atoms with van der Waals surface area (Å²) in [5.41, 5.74) is -1.52. The van der Waals surface area contributed by atoms with Crippen LogP contribution in [-0.4, -0.2) is 17.6 Å². The zero-order valence-corrected chi connectivity index (χ0v) is 9.35. The molecular weight excluding hydrogens is 317 g/mol. The van der Waals surface area contributed by atoms with E-state index in [0.29, 0.717) is 6.07 Å². The van der Waals surface area contributed by atoms with Gasteiger partial charge in [0.25, 0.3) is 6.43 Å². The molecule has 3 nitrogen and oxygen atoms in total. The minimum Gasteiger partial charge on any atom is -0.403 e. The van der Waals surface area contributed by atoms with E-state index >= 15 is 0 Å². The van der Waals surface area contributed by atoms with Gasteiger partial charge in [-0.05, 0) is 22.0 Å². The molecule has 1 aromatic heterocycles. The molecular formula is C8H3BrF5NO2. The lowest BCUT2D eigenvalue weighted by molar-refractivity contribution is -0.274. The molecule has 0 atom stereocenters. The van der Waals surface area contributed by atoms with Crippen LogP contribution in [0.3, 0.4) is 0 Å². The number of hydrogen-bond acceptors (Lipinski definition) is 3. The van der Waals surface area contributed by atoms with Gasteiger partial charge in [-0.1, -0.05) is 0 Å². The lowest BCUT2D eigenvalue weighted by Gasteiger charge is -2.12. The largest absolute Gasteiger partial charge is 0.573 e. The summed E-state index contributed by atoms with van der Waals surface area (Å²) in [5.74, 6) is -1.06. The number of ether oxygens (including phenoxy) is 1. The number of hydrogen-bond donors (Lipinski definition) is 0. The Labute approximate surface area is 99.7 Å². The van der Waals surface area contributed by atoms with Crippen LogP contribution in [0.25, 0.3) is 0 Å². The highest BCUT2D eigenvalue weighted by Crippen LogP contribution is 2.33. The number of halogens is 6. The molecule has 0 aliphatic rings. The number of aromatic nitrogens is 1. The van der Waals surface area contributed by atoms with Crippen molar-refractivity contribution in [1.29, 1.82) is 0 Å². The maximum absolute atomic E-state index is 12.4. The summed E-state index contributed by atoms with van der Waals surface area (Å²) >= 11 is 2.62. The van der Waals surface area contributed by atoms with E-state index in [1.165, 1.54) is 0 Å². The van der Waals surface area contributed by atoms with Crippen LogP contribution in [0.2, 0.25) is 0 Å². The molecule has 94 valence electrons.